The molecule has 0 radical (unpaired) electrons. The fraction of sp³-hybridized carbons (Fsp3) is 0.261. The van der Waals surface area contributed by atoms with Gasteiger partial charge in [-0.3, -0.25) is 9.69 Å². The number of hydrogen-bond donors (Lipinski definition) is 2. The van der Waals surface area contributed by atoms with Gasteiger partial charge in [-0.05, 0) is 18.6 Å². The number of cyclic esters (lactones) is 1. The van der Waals surface area contributed by atoms with Gasteiger partial charge in [-0.2, -0.15) is 0 Å². The third-order valence-electron chi connectivity index (χ3n) is 5.16. The molecule has 2 aliphatic heterocycles. The SMILES string of the molecule is CCOc1ccccc1[C@H]1NC(=O)N(CC(=O)NCc2ccccc2)C2=C1C(=O)OC2. The summed E-state index contributed by atoms with van der Waals surface area (Å²) in [4.78, 5) is 39.2. The standard InChI is InChI=1S/C23H23N3O5/c1-2-30-18-11-7-6-10-16(18)21-20-17(14-31-22(20)28)26(23(29)25-21)13-19(27)24-12-15-8-4-3-5-9-15/h3-11,21H,2,12-14H2,1H3,(H,24,27)(H,25,29)/t21-/m1/s1. The Bertz CT molecular complexity index is 1030. The normalized spacial score (nSPS) is 17.7. The Balaban J connectivity index is 1.56. The van der Waals surface area contributed by atoms with Crippen LogP contribution in [0.5, 0.6) is 5.75 Å². The minimum Gasteiger partial charge on any atom is -0.494 e. The van der Waals surface area contributed by atoms with E-state index in [1.165, 1.54) is 4.90 Å². The Kier molecular flexibility index (Phi) is 5.88. The van der Waals surface area contributed by atoms with Crippen molar-refractivity contribution in [3.05, 3.63) is 77.0 Å². The Labute approximate surface area is 179 Å². The molecule has 2 N–H and O–H groups in total. The molecule has 31 heavy (non-hydrogen) atoms. The minimum absolute atomic E-state index is 0.0547. The van der Waals surface area contributed by atoms with Gasteiger partial charge in [0.15, 0.2) is 0 Å². The van der Waals surface area contributed by atoms with E-state index in [2.05, 4.69) is 10.6 Å². The van der Waals surface area contributed by atoms with Gasteiger partial charge in [0.2, 0.25) is 5.91 Å². The van der Waals surface area contributed by atoms with E-state index >= 15 is 0 Å². The van der Waals surface area contributed by atoms with Crippen molar-refractivity contribution in [3.8, 4) is 5.75 Å². The average molecular weight is 421 g/mol. The molecule has 0 saturated heterocycles. The monoisotopic (exact) mass is 421 g/mol. The summed E-state index contributed by atoms with van der Waals surface area (Å²) in [5, 5.41) is 5.63. The zero-order valence-electron chi connectivity index (χ0n) is 17.1. The highest BCUT2D eigenvalue weighted by Crippen LogP contribution is 2.38. The average Bonchev–Trinajstić information content (AvgIpc) is 3.17. The van der Waals surface area contributed by atoms with Crippen LogP contribution in [0.15, 0.2) is 65.9 Å². The molecule has 2 aromatic carbocycles. The second kappa shape index (κ2) is 8.91. The Morgan fingerprint density at radius 3 is 2.68 bits per heavy atom. The van der Waals surface area contributed by atoms with Crippen LogP contribution in [0.1, 0.15) is 24.1 Å². The number of carbonyl (C=O) groups excluding carboxylic acids is 3. The summed E-state index contributed by atoms with van der Waals surface area (Å²) in [5.74, 6) is -0.268. The maximum absolute atomic E-state index is 12.9. The molecule has 0 aromatic heterocycles. The Hall–Kier alpha value is -3.81. The van der Waals surface area contributed by atoms with E-state index in [9.17, 15) is 14.4 Å². The van der Waals surface area contributed by atoms with E-state index in [1.807, 2.05) is 49.4 Å². The fourth-order valence-electron chi connectivity index (χ4n) is 3.71. The van der Waals surface area contributed by atoms with Crippen molar-refractivity contribution < 1.29 is 23.9 Å². The molecule has 0 aliphatic carbocycles. The van der Waals surface area contributed by atoms with Gasteiger partial charge >= 0.3 is 12.0 Å². The lowest BCUT2D eigenvalue weighted by Crippen LogP contribution is -2.50. The first-order valence-electron chi connectivity index (χ1n) is 10.1. The van der Waals surface area contributed by atoms with Crippen LogP contribution in [-0.4, -0.2) is 42.6 Å². The summed E-state index contributed by atoms with van der Waals surface area (Å²) < 4.78 is 10.9. The Morgan fingerprint density at radius 2 is 1.90 bits per heavy atom. The van der Waals surface area contributed by atoms with Gasteiger partial charge in [0.05, 0.1) is 23.9 Å². The molecule has 0 bridgehead atoms. The van der Waals surface area contributed by atoms with Crippen molar-refractivity contribution in [1.29, 1.82) is 0 Å². The number of amides is 3. The van der Waals surface area contributed by atoms with Gasteiger partial charge in [0.25, 0.3) is 0 Å². The minimum atomic E-state index is -0.705. The van der Waals surface area contributed by atoms with Crippen molar-refractivity contribution >= 4 is 17.9 Å². The number of nitrogens with zero attached hydrogens (tertiary/aromatic N) is 1. The predicted molar refractivity (Wildman–Crippen MR) is 112 cm³/mol. The van der Waals surface area contributed by atoms with Gasteiger partial charge in [-0.25, -0.2) is 9.59 Å². The maximum atomic E-state index is 12.9. The third kappa shape index (κ3) is 4.23. The predicted octanol–water partition coefficient (Wildman–Crippen LogP) is 2.28. The van der Waals surface area contributed by atoms with E-state index in [4.69, 9.17) is 9.47 Å². The molecule has 0 unspecified atom stereocenters. The van der Waals surface area contributed by atoms with Crippen molar-refractivity contribution in [3.63, 3.8) is 0 Å². The lowest BCUT2D eigenvalue weighted by Gasteiger charge is -2.33. The summed E-state index contributed by atoms with van der Waals surface area (Å²) in [6, 6.07) is 15.5. The number of carbonyl (C=O) groups is 3. The van der Waals surface area contributed by atoms with Gasteiger partial charge in [-0.1, -0.05) is 48.5 Å². The van der Waals surface area contributed by atoms with Crippen LogP contribution in [0.2, 0.25) is 0 Å². The van der Waals surface area contributed by atoms with Crippen LogP contribution in [0.4, 0.5) is 4.79 Å². The summed E-state index contributed by atoms with van der Waals surface area (Å²) in [6.45, 7) is 2.39. The molecule has 0 fully saturated rings. The largest absolute Gasteiger partial charge is 0.494 e. The van der Waals surface area contributed by atoms with Gasteiger partial charge in [-0.15, -0.1) is 0 Å². The second-order valence-electron chi connectivity index (χ2n) is 7.14. The van der Waals surface area contributed by atoms with Crippen LogP contribution in [0.3, 0.4) is 0 Å². The van der Waals surface area contributed by atoms with E-state index in [-0.39, 0.29) is 19.1 Å². The van der Waals surface area contributed by atoms with Crippen molar-refractivity contribution in [2.45, 2.75) is 19.5 Å². The molecule has 0 saturated carbocycles. The molecule has 3 amide bonds. The highest BCUT2D eigenvalue weighted by atomic mass is 16.5. The Morgan fingerprint density at radius 1 is 1.16 bits per heavy atom. The number of urea groups is 1. The molecule has 2 heterocycles. The highest BCUT2D eigenvalue weighted by molar-refractivity contribution is 5.98. The van der Waals surface area contributed by atoms with E-state index in [1.54, 1.807) is 12.1 Å². The fourth-order valence-corrected chi connectivity index (χ4v) is 3.71. The van der Waals surface area contributed by atoms with Crippen LogP contribution in [-0.2, 0) is 20.9 Å². The molecule has 8 heteroatoms. The maximum Gasteiger partial charge on any atom is 0.338 e. The number of benzene rings is 2. The van der Waals surface area contributed by atoms with Gasteiger partial charge in [0, 0.05) is 12.1 Å². The molecular weight excluding hydrogens is 398 g/mol. The van der Waals surface area contributed by atoms with Crippen molar-refractivity contribution in [2.75, 3.05) is 19.8 Å². The number of hydrogen-bond acceptors (Lipinski definition) is 5. The highest BCUT2D eigenvalue weighted by Gasteiger charge is 2.43. The van der Waals surface area contributed by atoms with Gasteiger partial charge in [0.1, 0.15) is 18.9 Å². The number of esters is 1. The molecule has 2 aliphatic rings. The molecular formula is C23H23N3O5. The second-order valence-corrected chi connectivity index (χ2v) is 7.14. The third-order valence-corrected chi connectivity index (χ3v) is 5.16. The number of para-hydroxylation sites is 1. The quantitative estimate of drug-likeness (QED) is 0.669. The first-order chi connectivity index (χ1) is 15.1. The molecule has 8 nitrogen and oxygen atoms in total. The summed E-state index contributed by atoms with van der Waals surface area (Å²) in [7, 11) is 0. The number of ether oxygens (including phenoxy) is 2. The van der Waals surface area contributed by atoms with Crippen molar-refractivity contribution in [2.24, 2.45) is 0 Å². The van der Waals surface area contributed by atoms with Crippen LogP contribution in [0.25, 0.3) is 0 Å². The van der Waals surface area contributed by atoms with E-state index < -0.39 is 18.0 Å². The first kappa shape index (κ1) is 20.5. The molecule has 160 valence electrons. The van der Waals surface area contributed by atoms with Crippen LogP contribution >= 0.6 is 0 Å². The number of nitrogens with one attached hydrogen (secondary N) is 2. The summed E-state index contributed by atoms with van der Waals surface area (Å²) in [5.41, 5.74) is 2.34. The van der Waals surface area contributed by atoms with E-state index in [0.717, 1.165) is 5.56 Å². The lowest BCUT2D eigenvalue weighted by atomic mass is 9.95. The lowest BCUT2D eigenvalue weighted by molar-refractivity contribution is -0.136. The number of rotatable bonds is 7. The van der Waals surface area contributed by atoms with Crippen molar-refractivity contribution in [1.82, 2.24) is 15.5 Å². The topological polar surface area (TPSA) is 97.0 Å². The molecule has 1 atom stereocenters. The zero-order valence-corrected chi connectivity index (χ0v) is 17.1. The molecule has 2 aromatic rings. The summed E-state index contributed by atoms with van der Waals surface area (Å²) >= 11 is 0. The molecule has 4 rings (SSSR count). The summed E-state index contributed by atoms with van der Waals surface area (Å²) in [6.07, 6.45) is 0. The van der Waals surface area contributed by atoms with E-state index in [0.29, 0.717) is 35.7 Å². The molecule has 0 spiro atoms. The van der Waals surface area contributed by atoms with Crippen LogP contribution in [0, 0.1) is 0 Å². The van der Waals surface area contributed by atoms with Crippen LogP contribution < -0.4 is 15.4 Å². The van der Waals surface area contributed by atoms with Gasteiger partial charge < -0.3 is 20.1 Å². The smallest absolute Gasteiger partial charge is 0.338 e. The zero-order chi connectivity index (χ0) is 21.8. The first-order valence-corrected chi connectivity index (χ1v) is 10.1.